The number of nitrogens with zero attached hydrogens (tertiary/aromatic N) is 2. The first kappa shape index (κ1) is 18.4. The molecule has 1 N–H and O–H groups in total. The van der Waals surface area contributed by atoms with Crippen LogP contribution in [0, 0.1) is 0 Å². The number of carbonyl (C=O) groups excluding carboxylic acids is 2. The van der Waals surface area contributed by atoms with E-state index >= 15 is 0 Å². The first-order valence-corrected chi connectivity index (χ1v) is 7.38. The van der Waals surface area contributed by atoms with E-state index in [1.54, 1.807) is 24.5 Å². The van der Waals surface area contributed by atoms with E-state index in [1.165, 1.54) is 30.0 Å². The van der Waals surface area contributed by atoms with E-state index < -0.39 is 17.6 Å². The lowest BCUT2D eigenvalue weighted by Crippen LogP contribution is -2.36. The molecule has 2 rings (SSSR count). The Balaban J connectivity index is 2.09. The predicted molar refractivity (Wildman–Crippen MR) is 85.4 cm³/mol. The fourth-order valence-electron chi connectivity index (χ4n) is 2.19. The summed E-state index contributed by atoms with van der Waals surface area (Å²) in [4.78, 5) is 29.0. The molecule has 0 unspecified atom stereocenters. The summed E-state index contributed by atoms with van der Waals surface area (Å²) in [6.45, 7) is 1.06. The van der Waals surface area contributed by atoms with Crippen molar-refractivity contribution in [1.29, 1.82) is 0 Å². The van der Waals surface area contributed by atoms with Gasteiger partial charge in [0.1, 0.15) is 6.54 Å². The van der Waals surface area contributed by atoms with Crippen LogP contribution < -0.4 is 5.32 Å². The molecule has 0 atom stereocenters. The molecule has 2 aromatic rings. The average Bonchev–Trinajstić information content (AvgIpc) is 2.54. The molecule has 25 heavy (non-hydrogen) atoms. The maximum Gasteiger partial charge on any atom is 0.418 e. The summed E-state index contributed by atoms with van der Waals surface area (Å²) < 4.78 is 38.9. The van der Waals surface area contributed by atoms with Gasteiger partial charge in [-0.25, -0.2) is 0 Å². The highest BCUT2D eigenvalue weighted by Gasteiger charge is 2.33. The van der Waals surface area contributed by atoms with E-state index in [1.807, 2.05) is 0 Å². The van der Waals surface area contributed by atoms with Crippen LogP contribution in [0.3, 0.4) is 0 Å². The molecule has 8 heteroatoms. The molecule has 0 saturated carbocycles. The van der Waals surface area contributed by atoms with Gasteiger partial charge in [0.2, 0.25) is 11.8 Å². The Kier molecular flexibility index (Phi) is 5.74. The average molecular weight is 351 g/mol. The molecule has 5 nitrogen and oxygen atoms in total. The van der Waals surface area contributed by atoms with Crippen LogP contribution in [0.15, 0.2) is 48.8 Å². The molecule has 0 spiro atoms. The number of para-hydroxylation sites is 1. The number of carbonyl (C=O) groups is 2. The van der Waals surface area contributed by atoms with E-state index in [-0.39, 0.29) is 24.7 Å². The fourth-order valence-corrected chi connectivity index (χ4v) is 2.19. The Bertz CT molecular complexity index is 748. The van der Waals surface area contributed by atoms with Gasteiger partial charge in [-0.3, -0.25) is 14.6 Å². The fraction of sp³-hybridized carbons (Fsp3) is 0.235. The third-order valence-corrected chi connectivity index (χ3v) is 3.38. The summed E-state index contributed by atoms with van der Waals surface area (Å²) in [5, 5.41) is 2.22. The highest BCUT2D eigenvalue weighted by atomic mass is 19.4. The Labute approximate surface area is 142 Å². The molecule has 0 bridgehead atoms. The number of pyridine rings is 1. The van der Waals surface area contributed by atoms with Crippen LogP contribution in [-0.2, 0) is 22.3 Å². The van der Waals surface area contributed by atoms with Crippen LogP contribution in [0.5, 0.6) is 0 Å². The van der Waals surface area contributed by atoms with Crippen molar-refractivity contribution < 1.29 is 22.8 Å². The minimum Gasteiger partial charge on any atom is -0.329 e. The number of aromatic nitrogens is 1. The monoisotopic (exact) mass is 351 g/mol. The Hall–Kier alpha value is -2.90. The van der Waals surface area contributed by atoms with Crippen molar-refractivity contribution in [3.05, 3.63) is 59.9 Å². The zero-order valence-corrected chi connectivity index (χ0v) is 13.4. The topological polar surface area (TPSA) is 62.3 Å². The second kappa shape index (κ2) is 7.78. The second-order valence-corrected chi connectivity index (χ2v) is 5.33. The van der Waals surface area contributed by atoms with Crippen LogP contribution >= 0.6 is 0 Å². The molecule has 0 aliphatic carbocycles. The molecule has 132 valence electrons. The third-order valence-electron chi connectivity index (χ3n) is 3.38. The van der Waals surface area contributed by atoms with Crippen molar-refractivity contribution in [2.75, 3.05) is 11.9 Å². The van der Waals surface area contributed by atoms with Gasteiger partial charge >= 0.3 is 6.18 Å². The number of hydrogen-bond acceptors (Lipinski definition) is 3. The van der Waals surface area contributed by atoms with Crippen molar-refractivity contribution in [2.24, 2.45) is 0 Å². The van der Waals surface area contributed by atoms with E-state index in [0.717, 1.165) is 6.07 Å². The number of alkyl halides is 3. The molecular formula is C17H16F3N3O2. The molecule has 0 aliphatic heterocycles. The first-order chi connectivity index (χ1) is 11.8. The largest absolute Gasteiger partial charge is 0.418 e. The normalized spacial score (nSPS) is 11.0. The number of anilines is 1. The summed E-state index contributed by atoms with van der Waals surface area (Å²) in [7, 11) is 0. The van der Waals surface area contributed by atoms with Crippen molar-refractivity contribution in [3.63, 3.8) is 0 Å². The van der Waals surface area contributed by atoms with Crippen molar-refractivity contribution in [2.45, 2.75) is 19.6 Å². The maximum absolute atomic E-state index is 13.0. The van der Waals surface area contributed by atoms with Gasteiger partial charge in [-0.15, -0.1) is 0 Å². The van der Waals surface area contributed by atoms with E-state index in [4.69, 9.17) is 0 Å². The van der Waals surface area contributed by atoms with Crippen LogP contribution in [0.25, 0.3) is 0 Å². The van der Waals surface area contributed by atoms with Crippen LogP contribution in [-0.4, -0.2) is 28.2 Å². The minimum atomic E-state index is -4.58. The lowest BCUT2D eigenvalue weighted by molar-refractivity contribution is -0.137. The summed E-state index contributed by atoms with van der Waals surface area (Å²) >= 11 is 0. The highest BCUT2D eigenvalue weighted by molar-refractivity contribution is 5.95. The number of halogens is 3. The standard InChI is InChI=1S/C17H16F3N3O2/c1-12(24)23(10-13-5-4-8-21-9-13)11-16(25)22-15-7-3-2-6-14(15)17(18,19)20/h2-9H,10-11H2,1H3,(H,22,25). The zero-order chi connectivity index (χ0) is 18.4. The lowest BCUT2D eigenvalue weighted by Gasteiger charge is -2.21. The molecular weight excluding hydrogens is 335 g/mol. The Morgan fingerprint density at radius 1 is 1.16 bits per heavy atom. The molecule has 0 saturated heterocycles. The predicted octanol–water partition coefficient (Wildman–Crippen LogP) is 3.09. The SMILES string of the molecule is CC(=O)N(CC(=O)Nc1ccccc1C(F)(F)F)Cc1cccnc1. The van der Waals surface area contributed by atoms with Crippen LogP contribution in [0.4, 0.5) is 18.9 Å². The van der Waals surface area contributed by atoms with Gasteiger partial charge in [0.15, 0.2) is 0 Å². The molecule has 0 fully saturated rings. The van der Waals surface area contributed by atoms with Gasteiger partial charge in [-0.05, 0) is 23.8 Å². The van der Waals surface area contributed by atoms with Gasteiger partial charge in [0, 0.05) is 25.9 Å². The van der Waals surface area contributed by atoms with Gasteiger partial charge in [0.05, 0.1) is 11.3 Å². The van der Waals surface area contributed by atoms with Crippen molar-refractivity contribution in [3.8, 4) is 0 Å². The molecule has 1 aromatic heterocycles. The summed E-state index contributed by atoms with van der Waals surface area (Å²) in [5.74, 6) is -1.08. The summed E-state index contributed by atoms with van der Waals surface area (Å²) in [6.07, 6.45) is -1.46. The molecule has 1 aromatic carbocycles. The number of rotatable bonds is 5. The molecule has 0 aliphatic rings. The van der Waals surface area contributed by atoms with Gasteiger partial charge < -0.3 is 10.2 Å². The highest BCUT2D eigenvalue weighted by Crippen LogP contribution is 2.34. The minimum absolute atomic E-state index is 0.136. The smallest absolute Gasteiger partial charge is 0.329 e. The van der Waals surface area contributed by atoms with E-state index in [9.17, 15) is 22.8 Å². The van der Waals surface area contributed by atoms with Crippen LogP contribution in [0.1, 0.15) is 18.1 Å². The van der Waals surface area contributed by atoms with Crippen molar-refractivity contribution >= 4 is 17.5 Å². The number of hydrogen-bond donors (Lipinski definition) is 1. The van der Waals surface area contributed by atoms with E-state index in [0.29, 0.717) is 5.56 Å². The number of amides is 2. The summed E-state index contributed by atoms with van der Waals surface area (Å²) in [5.41, 5.74) is -0.573. The molecule has 1 heterocycles. The van der Waals surface area contributed by atoms with E-state index in [2.05, 4.69) is 10.3 Å². The third kappa shape index (κ3) is 5.30. The van der Waals surface area contributed by atoms with Gasteiger partial charge in [-0.2, -0.15) is 13.2 Å². The number of nitrogens with one attached hydrogen (secondary N) is 1. The first-order valence-electron chi connectivity index (χ1n) is 7.38. The Morgan fingerprint density at radius 2 is 1.88 bits per heavy atom. The quantitative estimate of drug-likeness (QED) is 0.900. The molecule has 0 radical (unpaired) electrons. The lowest BCUT2D eigenvalue weighted by atomic mass is 10.1. The Morgan fingerprint density at radius 3 is 2.48 bits per heavy atom. The second-order valence-electron chi connectivity index (χ2n) is 5.33. The van der Waals surface area contributed by atoms with Gasteiger partial charge in [-0.1, -0.05) is 18.2 Å². The number of benzene rings is 1. The summed E-state index contributed by atoms with van der Waals surface area (Å²) in [6, 6.07) is 8.10. The maximum atomic E-state index is 13.0. The zero-order valence-electron chi connectivity index (χ0n) is 13.4. The van der Waals surface area contributed by atoms with Crippen LogP contribution in [0.2, 0.25) is 0 Å². The molecule has 2 amide bonds. The van der Waals surface area contributed by atoms with Crippen molar-refractivity contribution in [1.82, 2.24) is 9.88 Å². The van der Waals surface area contributed by atoms with Gasteiger partial charge in [0.25, 0.3) is 0 Å².